The smallest absolute Gasteiger partial charge is 0.315 e. The Labute approximate surface area is 123 Å². The number of hydrogen-bond donors (Lipinski definition) is 2. The van der Waals surface area contributed by atoms with E-state index in [1.54, 1.807) is 0 Å². The van der Waals surface area contributed by atoms with Gasteiger partial charge in [0.1, 0.15) is 0 Å². The van der Waals surface area contributed by atoms with E-state index in [0.29, 0.717) is 18.0 Å². The molecule has 2 fully saturated rings. The number of nitrogens with zero attached hydrogens (tertiary/aromatic N) is 1. The molecule has 1 heterocycles. The van der Waals surface area contributed by atoms with Crippen molar-refractivity contribution in [2.45, 2.75) is 70.9 Å². The van der Waals surface area contributed by atoms with Crippen molar-refractivity contribution in [1.82, 2.24) is 15.5 Å². The Hall–Kier alpha value is -0.770. The van der Waals surface area contributed by atoms with E-state index in [-0.39, 0.29) is 6.03 Å². The SMILES string of the molecule is CC(C)C(CNC(=O)NC1CCCCC1)N1CCCC1. The van der Waals surface area contributed by atoms with Gasteiger partial charge in [-0.05, 0) is 44.7 Å². The minimum Gasteiger partial charge on any atom is -0.337 e. The number of carbonyl (C=O) groups excluding carboxylic acids is 1. The van der Waals surface area contributed by atoms with Crippen LogP contribution < -0.4 is 10.6 Å². The average Bonchev–Trinajstić information content (AvgIpc) is 2.93. The highest BCUT2D eigenvalue weighted by molar-refractivity contribution is 5.74. The fourth-order valence-electron chi connectivity index (χ4n) is 3.54. The molecule has 1 atom stereocenters. The average molecular weight is 281 g/mol. The lowest BCUT2D eigenvalue weighted by Gasteiger charge is -2.31. The van der Waals surface area contributed by atoms with Gasteiger partial charge in [-0.25, -0.2) is 4.79 Å². The summed E-state index contributed by atoms with van der Waals surface area (Å²) in [7, 11) is 0. The van der Waals surface area contributed by atoms with Gasteiger partial charge in [0.2, 0.25) is 0 Å². The molecule has 2 rings (SSSR count). The van der Waals surface area contributed by atoms with E-state index >= 15 is 0 Å². The van der Waals surface area contributed by atoms with E-state index in [9.17, 15) is 4.79 Å². The summed E-state index contributed by atoms with van der Waals surface area (Å²) in [5.74, 6) is 0.586. The summed E-state index contributed by atoms with van der Waals surface area (Å²) >= 11 is 0. The molecule has 0 spiro atoms. The molecule has 1 saturated carbocycles. The Bertz CT molecular complexity index is 294. The molecule has 1 saturated heterocycles. The monoisotopic (exact) mass is 281 g/mol. The molecule has 2 N–H and O–H groups in total. The third-order valence-corrected chi connectivity index (χ3v) is 4.79. The van der Waals surface area contributed by atoms with Gasteiger partial charge >= 0.3 is 6.03 Å². The summed E-state index contributed by atoms with van der Waals surface area (Å²) in [5, 5.41) is 6.23. The molecular weight excluding hydrogens is 250 g/mol. The lowest BCUT2D eigenvalue weighted by atomic mass is 9.96. The fourth-order valence-corrected chi connectivity index (χ4v) is 3.54. The molecule has 0 bridgehead atoms. The molecule has 0 radical (unpaired) electrons. The van der Waals surface area contributed by atoms with E-state index in [2.05, 4.69) is 29.4 Å². The van der Waals surface area contributed by atoms with Gasteiger partial charge in [-0.1, -0.05) is 33.1 Å². The van der Waals surface area contributed by atoms with Crippen LogP contribution in [0.15, 0.2) is 0 Å². The summed E-state index contributed by atoms with van der Waals surface area (Å²) in [4.78, 5) is 14.5. The summed E-state index contributed by atoms with van der Waals surface area (Å²) in [6, 6.07) is 0.907. The first-order valence-corrected chi connectivity index (χ1v) is 8.45. The Morgan fingerprint density at radius 1 is 1.10 bits per heavy atom. The maximum Gasteiger partial charge on any atom is 0.315 e. The molecule has 2 aliphatic rings. The first-order chi connectivity index (χ1) is 9.66. The van der Waals surface area contributed by atoms with Crippen LogP contribution in [-0.4, -0.2) is 42.6 Å². The first kappa shape index (κ1) is 15.6. The number of rotatable bonds is 5. The highest BCUT2D eigenvalue weighted by atomic mass is 16.2. The summed E-state index contributed by atoms with van der Waals surface area (Å²) in [5.41, 5.74) is 0. The van der Waals surface area contributed by atoms with Crippen LogP contribution in [0.3, 0.4) is 0 Å². The molecular formula is C16H31N3O. The molecule has 2 amide bonds. The van der Waals surface area contributed by atoms with E-state index in [1.807, 2.05) is 0 Å². The van der Waals surface area contributed by atoms with Gasteiger partial charge in [-0.15, -0.1) is 0 Å². The minimum atomic E-state index is 0.0294. The Balaban J connectivity index is 1.72. The second-order valence-corrected chi connectivity index (χ2v) is 6.74. The van der Waals surface area contributed by atoms with Crippen LogP contribution in [0.4, 0.5) is 4.79 Å². The maximum absolute atomic E-state index is 12.0. The molecule has 4 heteroatoms. The number of likely N-dealkylation sites (tertiary alicyclic amines) is 1. The van der Waals surface area contributed by atoms with Crippen molar-refractivity contribution in [2.75, 3.05) is 19.6 Å². The molecule has 0 aromatic carbocycles. The van der Waals surface area contributed by atoms with Gasteiger partial charge in [-0.2, -0.15) is 0 Å². The zero-order valence-electron chi connectivity index (χ0n) is 13.2. The van der Waals surface area contributed by atoms with Crippen LogP contribution in [0.5, 0.6) is 0 Å². The topological polar surface area (TPSA) is 44.4 Å². The second-order valence-electron chi connectivity index (χ2n) is 6.74. The zero-order valence-corrected chi connectivity index (χ0v) is 13.2. The Kier molecular flexibility index (Phi) is 6.14. The van der Waals surface area contributed by atoms with Gasteiger partial charge in [0.05, 0.1) is 0 Å². The van der Waals surface area contributed by atoms with E-state index < -0.39 is 0 Å². The molecule has 20 heavy (non-hydrogen) atoms. The van der Waals surface area contributed by atoms with Crippen molar-refractivity contribution in [3.63, 3.8) is 0 Å². The van der Waals surface area contributed by atoms with Crippen LogP contribution >= 0.6 is 0 Å². The van der Waals surface area contributed by atoms with Crippen molar-refractivity contribution >= 4 is 6.03 Å². The van der Waals surface area contributed by atoms with Gasteiger partial charge in [0.15, 0.2) is 0 Å². The van der Waals surface area contributed by atoms with Crippen LogP contribution in [0.2, 0.25) is 0 Å². The molecule has 0 aromatic rings. The first-order valence-electron chi connectivity index (χ1n) is 8.45. The zero-order chi connectivity index (χ0) is 14.4. The number of hydrogen-bond acceptors (Lipinski definition) is 2. The third-order valence-electron chi connectivity index (χ3n) is 4.79. The summed E-state index contributed by atoms with van der Waals surface area (Å²) < 4.78 is 0. The van der Waals surface area contributed by atoms with Crippen LogP contribution in [-0.2, 0) is 0 Å². The Morgan fingerprint density at radius 2 is 1.75 bits per heavy atom. The van der Waals surface area contributed by atoms with Crippen LogP contribution in [0, 0.1) is 5.92 Å². The summed E-state index contributed by atoms with van der Waals surface area (Å²) in [6.07, 6.45) is 8.74. The van der Waals surface area contributed by atoms with E-state index in [0.717, 1.165) is 19.4 Å². The third kappa shape index (κ3) is 4.65. The highest BCUT2D eigenvalue weighted by Gasteiger charge is 2.25. The quantitative estimate of drug-likeness (QED) is 0.814. The van der Waals surface area contributed by atoms with Gasteiger partial charge in [0, 0.05) is 18.6 Å². The van der Waals surface area contributed by atoms with Crippen molar-refractivity contribution < 1.29 is 4.79 Å². The predicted molar refractivity (Wildman–Crippen MR) is 82.8 cm³/mol. The van der Waals surface area contributed by atoms with Gasteiger partial charge < -0.3 is 10.6 Å². The van der Waals surface area contributed by atoms with E-state index in [1.165, 1.54) is 45.2 Å². The van der Waals surface area contributed by atoms with Crippen molar-refractivity contribution in [3.8, 4) is 0 Å². The predicted octanol–water partition coefficient (Wildman–Crippen LogP) is 2.74. The normalized spacial score (nSPS) is 22.9. The van der Waals surface area contributed by atoms with Crippen molar-refractivity contribution in [3.05, 3.63) is 0 Å². The molecule has 4 nitrogen and oxygen atoms in total. The van der Waals surface area contributed by atoms with Gasteiger partial charge in [0.25, 0.3) is 0 Å². The van der Waals surface area contributed by atoms with E-state index in [4.69, 9.17) is 0 Å². The summed E-state index contributed by atoms with van der Waals surface area (Å²) in [6.45, 7) is 7.66. The van der Waals surface area contributed by atoms with Crippen LogP contribution in [0.25, 0.3) is 0 Å². The highest BCUT2D eigenvalue weighted by Crippen LogP contribution is 2.18. The lowest BCUT2D eigenvalue weighted by molar-refractivity contribution is 0.183. The van der Waals surface area contributed by atoms with Crippen LogP contribution in [0.1, 0.15) is 58.8 Å². The Morgan fingerprint density at radius 3 is 2.35 bits per heavy atom. The fraction of sp³-hybridized carbons (Fsp3) is 0.938. The van der Waals surface area contributed by atoms with Crippen molar-refractivity contribution in [2.24, 2.45) is 5.92 Å². The molecule has 116 valence electrons. The van der Waals surface area contributed by atoms with Crippen molar-refractivity contribution in [1.29, 1.82) is 0 Å². The molecule has 1 aliphatic carbocycles. The largest absolute Gasteiger partial charge is 0.337 e. The number of nitrogens with one attached hydrogen (secondary N) is 2. The minimum absolute atomic E-state index is 0.0294. The standard InChI is InChI=1S/C16H31N3O/c1-13(2)15(19-10-6-7-11-19)12-17-16(20)18-14-8-4-3-5-9-14/h13-15H,3-12H2,1-2H3,(H2,17,18,20). The molecule has 0 aromatic heterocycles. The number of amides is 2. The molecule has 1 unspecified atom stereocenters. The molecule has 1 aliphatic heterocycles. The van der Waals surface area contributed by atoms with Gasteiger partial charge in [-0.3, -0.25) is 4.90 Å². The number of carbonyl (C=O) groups is 1. The second kappa shape index (κ2) is 7.87. The number of urea groups is 1. The lowest BCUT2D eigenvalue weighted by Crippen LogP contribution is -2.50. The maximum atomic E-state index is 12.0.